The van der Waals surface area contributed by atoms with E-state index in [2.05, 4.69) is 9.72 Å². The molecule has 0 aliphatic carbocycles. The van der Waals surface area contributed by atoms with Crippen LogP contribution in [0.2, 0.25) is 0 Å². The monoisotopic (exact) mass is 229 g/mol. The standard InChI is InChI=1S/C13H11NO3/c1-17-13(16)10-7-11(14-8-10)12(15)9-5-3-2-4-6-9/h2-8,14H,1H3. The molecular formula is C13H11NO3. The molecule has 1 N–H and O–H groups in total. The third-order valence-corrected chi connectivity index (χ3v) is 2.38. The van der Waals surface area contributed by atoms with Crippen molar-refractivity contribution >= 4 is 11.8 Å². The number of hydrogen-bond donors (Lipinski definition) is 1. The molecule has 0 saturated heterocycles. The number of esters is 1. The molecule has 0 radical (unpaired) electrons. The number of carbonyl (C=O) groups is 2. The predicted octanol–water partition coefficient (Wildman–Crippen LogP) is 2.03. The highest BCUT2D eigenvalue weighted by Gasteiger charge is 2.14. The number of aromatic amines is 1. The van der Waals surface area contributed by atoms with E-state index in [1.165, 1.54) is 19.4 Å². The van der Waals surface area contributed by atoms with Crippen molar-refractivity contribution in [3.8, 4) is 0 Å². The number of methoxy groups -OCH3 is 1. The normalized spacial score (nSPS) is 9.94. The summed E-state index contributed by atoms with van der Waals surface area (Å²) in [4.78, 5) is 26.0. The first kappa shape index (κ1) is 11.1. The van der Waals surface area contributed by atoms with Crippen LogP contribution < -0.4 is 0 Å². The zero-order valence-electron chi connectivity index (χ0n) is 9.27. The van der Waals surface area contributed by atoms with Crippen LogP contribution in [0.5, 0.6) is 0 Å². The van der Waals surface area contributed by atoms with E-state index in [9.17, 15) is 9.59 Å². The fourth-order valence-corrected chi connectivity index (χ4v) is 1.51. The first-order valence-electron chi connectivity index (χ1n) is 5.09. The lowest BCUT2D eigenvalue weighted by molar-refractivity contribution is 0.0601. The molecule has 86 valence electrons. The van der Waals surface area contributed by atoms with Crippen molar-refractivity contribution in [2.75, 3.05) is 7.11 Å². The second-order valence-electron chi connectivity index (χ2n) is 3.49. The molecule has 4 heteroatoms. The summed E-state index contributed by atoms with van der Waals surface area (Å²) in [5.74, 6) is -0.617. The fraction of sp³-hybridized carbons (Fsp3) is 0.0769. The van der Waals surface area contributed by atoms with Crippen LogP contribution in [-0.4, -0.2) is 23.8 Å². The summed E-state index contributed by atoms with van der Waals surface area (Å²) in [5, 5.41) is 0. The van der Waals surface area contributed by atoms with E-state index in [4.69, 9.17) is 0 Å². The Kier molecular flexibility index (Phi) is 3.05. The summed E-state index contributed by atoms with van der Waals surface area (Å²) in [5.41, 5.74) is 1.29. The van der Waals surface area contributed by atoms with Gasteiger partial charge in [-0.25, -0.2) is 4.79 Å². The van der Waals surface area contributed by atoms with E-state index in [0.29, 0.717) is 16.8 Å². The molecule has 1 aromatic carbocycles. The van der Waals surface area contributed by atoms with Gasteiger partial charge in [-0.2, -0.15) is 0 Å². The summed E-state index contributed by atoms with van der Waals surface area (Å²) >= 11 is 0. The van der Waals surface area contributed by atoms with Gasteiger partial charge in [-0.05, 0) is 6.07 Å². The highest BCUT2D eigenvalue weighted by molar-refractivity contribution is 6.08. The van der Waals surface area contributed by atoms with Gasteiger partial charge in [0.25, 0.3) is 0 Å². The van der Waals surface area contributed by atoms with Gasteiger partial charge in [-0.15, -0.1) is 0 Å². The van der Waals surface area contributed by atoms with E-state index < -0.39 is 5.97 Å². The Hall–Kier alpha value is -2.36. The highest BCUT2D eigenvalue weighted by atomic mass is 16.5. The molecule has 4 nitrogen and oxygen atoms in total. The minimum absolute atomic E-state index is 0.152. The zero-order chi connectivity index (χ0) is 12.3. The number of ether oxygens (including phenoxy) is 1. The molecule has 1 heterocycles. The van der Waals surface area contributed by atoms with E-state index >= 15 is 0 Å². The quantitative estimate of drug-likeness (QED) is 0.647. The number of benzene rings is 1. The number of aromatic nitrogens is 1. The Bertz CT molecular complexity index is 543. The SMILES string of the molecule is COC(=O)c1c[nH]c(C(=O)c2ccccc2)c1. The third-order valence-electron chi connectivity index (χ3n) is 2.38. The van der Waals surface area contributed by atoms with Crippen molar-refractivity contribution in [1.29, 1.82) is 0 Å². The zero-order valence-corrected chi connectivity index (χ0v) is 9.27. The van der Waals surface area contributed by atoms with Crippen molar-refractivity contribution in [3.05, 3.63) is 59.4 Å². The molecule has 2 aromatic rings. The number of nitrogens with one attached hydrogen (secondary N) is 1. The smallest absolute Gasteiger partial charge is 0.339 e. The number of ketones is 1. The number of rotatable bonds is 3. The molecular weight excluding hydrogens is 218 g/mol. The Morgan fingerprint density at radius 3 is 2.47 bits per heavy atom. The van der Waals surface area contributed by atoms with Gasteiger partial charge < -0.3 is 9.72 Å². The molecule has 0 aliphatic rings. The van der Waals surface area contributed by atoms with Gasteiger partial charge in [0, 0.05) is 11.8 Å². The Labute approximate surface area is 98.2 Å². The van der Waals surface area contributed by atoms with Gasteiger partial charge in [0.15, 0.2) is 0 Å². The minimum atomic E-state index is -0.464. The maximum atomic E-state index is 12.0. The van der Waals surface area contributed by atoms with Crippen LogP contribution in [0.4, 0.5) is 0 Å². The third kappa shape index (κ3) is 2.25. The molecule has 17 heavy (non-hydrogen) atoms. The van der Waals surface area contributed by atoms with Crippen molar-refractivity contribution in [2.24, 2.45) is 0 Å². The Balaban J connectivity index is 2.27. The lowest BCUT2D eigenvalue weighted by Crippen LogP contribution is -2.01. The van der Waals surface area contributed by atoms with Crippen LogP contribution >= 0.6 is 0 Å². The fourth-order valence-electron chi connectivity index (χ4n) is 1.51. The van der Waals surface area contributed by atoms with Crippen LogP contribution in [0, 0.1) is 0 Å². The van der Waals surface area contributed by atoms with Gasteiger partial charge in [0.05, 0.1) is 18.4 Å². The second kappa shape index (κ2) is 4.65. The molecule has 0 aliphatic heterocycles. The van der Waals surface area contributed by atoms with Crippen molar-refractivity contribution in [2.45, 2.75) is 0 Å². The predicted molar refractivity (Wildman–Crippen MR) is 62.0 cm³/mol. The van der Waals surface area contributed by atoms with Gasteiger partial charge in [-0.3, -0.25) is 4.79 Å². The second-order valence-corrected chi connectivity index (χ2v) is 3.49. The van der Waals surface area contributed by atoms with Crippen molar-refractivity contribution in [3.63, 3.8) is 0 Å². The summed E-state index contributed by atoms with van der Waals surface area (Å²) in [6, 6.07) is 10.4. The lowest BCUT2D eigenvalue weighted by atomic mass is 10.1. The average Bonchev–Trinajstić information content (AvgIpc) is 2.87. The van der Waals surface area contributed by atoms with Gasteiger partial charge in [0.2, 0.25) is 5.78 Å². The summed E-state index contributed by atoms with van der Waals surface area (Å²) in [6.07, 6.45) is 1.46. The molecule has 0 unspecified atom stereocenters. The largest absolute Gasteiger partial charge is 0.465 e. The van der Waals surface area contributed by atoms with Gasteiger partial charge in [0.1, 0.15) is 0 Å². The maximum absolute atomic E-state index is 12.0. The molecule has 0 spiro atoms. The molecule has 0 atom stereocenters. The van der Waals surface area contributed by atoms with Crippen molar-refractivity contribution in [1.82, 2.24) is 4.98 Å². The molecule has 2 rings (SSSR count). The number of H-pyrrole nitrogens is 1. The lowest BCUT2D eigenvalue weighted by Gasteiger charge is -1.96. The number of hydrogen-bond acceptors (Lipinski definition) is 3. The van der Waals surface area contributed by atoms with E-state index in [0.717, 1.165) is 0 Å². The highest BCUT2D eigenvalue weighted by Crippen LogP contribution is 2.11. The number of carbonyl (C=O) groups excluding carboxylic acids is 2. The first-order valence-corrected chi connectivity index (χ1v) is 5.09. The van der Waals surface area contributed by atoms with Crippen molar-refractivity contribution < 1.29 is 14.3 Å². The topological polar surface area (TPSA) is 59.2 Å². The summed E-state index contributed by atoms with van der Waals surface area (Å²) in [6.45, 7) is 0. The van der Waals surface area contributed by atoms with Crippen LogP contribution in [-0.2, 0) is 4.74 Å². The first-order chi connectivity index (χ1) is 8.22. The van der Waals surface area contributed by atoms with Crippen LogP contribution in [0.3, 0.4) is 0 Å². The minimum Gasteiger partial charge on any atom is -0.465 e. The van der Waals surface area contributed by atoms with E-state index in [-0.39, 0.29) is 5.78 Å². The maximum Gasteiger partial charge on any atom is 0.339 e. The molecule has 1 aromatic heterocycles. The van der Waals surface area contributed by atoms with Crippen LogP contribution in [0.1, 0.15) is 26.4 Å². The Morgan fingerprint density at radius 1 is 1.12 bits per heavy atom. The molecule has 0 saturated carbocycles. The van der Waals surface area contributed by atoms with Gasteiger partial charge >= 0.3 is 5.97 Å². The average molecular weight is 229 g/mol. The van der Waals surface area contributed by atoms with Gasteiger partial charge in [-0.1, -0.05) is 30.3 Å². The molecule has 0 bridgehead atoms. The van der Waals surface area contributed by atoms with E-state index in [1.54, 1.807) is 24.3 Å². The van der Waals surface area contributed by atoms with Crippen LogP contribution in [0.15, 0.2) is 42.6 Å². The van der Waals surface area contributed by atoms with Crippen LogP contribution in [0.25, 0.3) is 0 Å². The Morgan fingerprint density at radius 2 is 1.82 bits per heavy atom. The van der Waals surface area contributed by atoms with E-state index in [1.807, 2.05) is 6.07 Å². The molecule has 0 fully saturated rings. The summed E-state index contributed by atoms with van der Waals surface area (Å²) in [7, 11) is 1.30. The summed E-state index contributed by atoms with van der Waals surface area (Å²) < 4.78 is 4.56. The molecule has 0 amide bonds.